The lowest BCUT2D eigenvalue weighted by atomic mass is 10.1. The Morgan fingerprint density at radius 3 is 2.96 bits per heavy atom. The van der Waals surface area contributed by atoms with Crippen molar-refractivity contribution in [3.8, 4) is 0 Å². The molecule has 0 unspecified atom stereocenters. The highest BCUT2D eigenvalue weighted by molar-refractivity contribution is 5.93. The molecule has 0 atom stereocenters. The highest BCUT2D eigenvalue weighted by Crippen LogP contribution is 2.22. The normalized spacial score (nSPS) is 14.7. The number of benzene rings is 1. The average Bonchev–Trinajstić information content (AvgIpc) is 3.17. The molecule has 1 amide bonds. The number of H-pyrrole nitrogens is 2. The number of carbonyl (C=O) groups is 1. The van der Waals surface area contributed by atoms with Crippen LogP contribution in [0.2, 0.25) is 0 Å². The fourth-order valence-electron chi connectivity index (χ4n) is 3.12. The summed E-state index contributed by atoms with van der Waals surface area (Å²) in [4.78, 5) is 18.0. The molecule has 24 heavy (non-hydrogen) atoms. The molecule has 1 saturated heterocycles. The first-order valence-electron chi connectivity index (χ1n) is 8.15. The fourth-order valence-corrected chi connectivity index (χ4v) is 3.12. The molecule has 6 heteroatoms. The maximum Gasteiger partial charge on any atom is 0.272 e. The molecule has 0 radical (unpaired) electrons. The first kappa shape index (κ1) is 15.0. The molecule has 3 heterocycles. The summed E-state index contributed by atoms with van der Waals surface area (Å²) in [6, 6.07) is 9.99. The average molecular weight is 324 g/mol. The summed E-state index contributed by atoms with van der Waals surface area (Å²) in [5, 5.41) is 8.07. The van der Waals surface area contributed by atoms with Crippen molar-refractivity contribution in [3.63, 3.8) is 0 Å². The maximum absolute atomic E-state index is 12.9. The number of hydrogen-bond acceptors (Lipinski definition) is 3. The topological polar surface area (TPSA) is 74.0 Å². The molecule has 2 aromatic heterocycles. The van der Waals surface area contributed by atoms with Crippen LogP contribution in [0, 0.1) is 12.8 Å². The lowest BCUT2D eigenvalue weighted by molar-refractivity contribution is -0.0441. The van der Waals surface area contributed by atoms with E-state index < -0.39 is 0 Å². The third-order valence-corrected chi connectivity index (χ3v) is 4.46. The Morgan fingerprint density at radius 2 is 2.25 bits per heavy atom. The van der Waals surface area contributed by atoms with Crippen LogP contribution in [0.15, 0.2) is 36.5 Å². The number of hydrogen-bond donors (Lipinski definition) is 2. The number of aromatic amines is 2. The van der Waals surface area contributed by atoms with Gasteiger partial charge in [-0.1, -0.05) is 12.1 Å². The van der Waals surface area contributed by atoms with E-state index in [0.29, 0.717) is 24.7 Å². The maximum atomic E-state index is 12.9. The zero-order chi connectivity index (χ0) is 16.5. The molecule has 124 valence electrons. The minimum Gasteiger partial charge on any atom is -0.381 e. The minimum atomic E-state index is -0.0185. The Kier molecular flexibility index (Phi) is 3.82. The predicted molar refractivity (Wildman–Crippen MR) is 90.7 cm³/mol. The molecule has 4 rings (SSSR count). The Hall–Kier alpha value is -2.60. The van der Waals surface area contributed by atoms with Gasteiger partial charge < -0.3 is 14.6 Å². The van der Waals surface area contributed by atoms with Crippen molar-refractivity contribution in [1.82, 2.24) is 20.1 Å². The summed E-state index contributed by atoms with van der Waals surface area (Å²) in [6.07, 6.45) is 1.93. The van der Waals surface area contributed by atoms with Gasteiger partial charge in [0.1, 0.15) is 5.69 Å². The zero-order valence-corrected chi connectivity index (χ0v) is 13.6. The number of nitrogens with zero attached hydrogens (tertiary/aromatic N) is 2. The Labute approximate surface area is 139 Å². The second kappa shape index (κ2) is 6.13. The van der Waals surface area contributed by atoms with E-state index >= 15 is 0 Å². The van der Waals surface area contributed by atoms with E-state index in [1.54, 1.807) is 6.07 Å². The molecule has 3 aromatic rings. The SMILES string of the molecule is Cc1cc(C(=O)N(Cc2cccc3[nH]ccc23)CC2COC2)[nH]n1. The number of fused-ring (bicyclic) bond motifs is 1. The van der Waals surface area contributed by atoms with Crippen LogP contribution in [0.4, 0.5) is 0 Å². The van der Waals surface area contributed by atoms with Gasteiger partial charge in [-0.2, -0.15) is 5.10 Å². The van der Waals surface area contributed by atoms with E-state index in [-0.39, 0.29) is 5.91 Å². The highest BCUT2D eigenvalue weighted by Gasteiger charge is 2.26. The van der Waals surface area contributed by atoms with Gasteiger partial charge in [0.15, 0.2) is 0 Å². The van der Waals surface area contributed by atoms with Crippen LogP contribution in [0.1, 0.15) is 21.7 Å². The summed E-state index contributed by atoms with van der Waals surface area (Å²) in [7, 11) is 0. The molecule has 0 saturated carbocycles. The summed E-state index contributed by atoms with van der Waals surface area (Å²) in [5.41, 5.74) is 3.58. The molecule has 2 N–H and O–H groups in total. The van der Waals surface area contributed by atoms with Crippen LogP contribution in [0.5, 0.6) is 0 Å². The number of nitrogens with one attached hydrogen (secondary N) is 2. The van der Waals surface area contributed by atoms with E-state index in [0.717, 1.165) is 35.4 Å². The van der Waals surface area contributed by atoms with Crippen LogP contribution >= 0.6 is 0 Å². The fraction of sp³-hybridized carbons (Fsp3) is 0.333. The van der Waals surface area contributed by atoms with Crippen LogP contribution in [0.25, 0.3) is 10.9 Å². The second-order valence-electron chi connectivity index (χ2n) is 6.37. The smallest absolute Gasteiger partial charge is 0.272 e. The molecule has 0 aliphatic carbocycles. The second-order valence-corrected chi connectivity index (χ2v) is 6.37. The van der Waals surface area contributed by atoms with Crippen molar-refractivity contribution in [2.75, 3.05) is 19.8 Å². The molecule has 1 aliphatic rings. The van der Waals surface area contributed by atoms with Crippen LogP contribution < -0.4 is 0 Å². The third kappa shape index (κ3) is 2.80. The summed E-state index contributed by atoms with van der Waals surface area (Å²) in [5.74, 6) is 0.387. The van der Waals surface area contributed by atoms with Crippen LogP contribution in [0.3, 0.4) is 0 Å². The summed E-state index contributed by atoms with van der Waals surface area (Å²) >= 11 is 0. The third-order valence-electron chi connectivity index (χ3n) is 4.46. The van der Waals surface area contributed by atoms with E-state index in [1.165, 1.54) is 0 Å². The zero-order valence-electron chi connectivity index (χ0n) is 13.6. The van der Waals surface area contributed by atoms with Crippen molar-refractivity contribution >= 4 is 16.8 Å². The molecule has 1 aromatic carbocycles. The van der Waals surface area contributed by atoms with E-state index in [1.807, 2.05) is 30.2 Å². The van der Waals surface area contributed by atoms with Crippen molar-refractivity contribution < 1.29 is 9.53 Å². The molecule has 6 nitrogen and oxygen atoms in total. The van der Waals surface area contributed by atoms with Gasteiger partial charge in [-0.15, -0.1) is 0 Å². The van der Waals surface area contributed by atoms with Gasteiger partial charge in [0.2, 0.25) is 0 Å². The highest BCUT2D eigenvalue weighted by atomic mass is 16.5. The van der Waals surface area contributed by atoms with Crippen molar-refractivity contribution in [1.29, 1.82) is 0 Å². The molecule has 0 bridgehead atoms. The van der Waals surface area contributed by atoms with E-state index in [4.69, 9.17) is 4.74 Å². The van der Waals surface area contributed by atoms with Gasteiger partial charge in [0, 0.05) is 36.1 Å². The first-order valence-corrected chi connectivity index (χ1v) is 8.15. The first-order chi connectivity index (χ1) is 11.7. The minimum absolute atomic E-state index is 0.0185. The molecule has 1 aliphatic heterocycles. The van der Waals surface area contributed by atoms with Crippen molar-refractivity contribution in [2.24, 2.45) is 5.92 Å². The number of rotatable bonds is 5. The van der Waals surface area contributed by atoms with Crippen molar-refractivity contribution in [2.45, 2.75) is 13.5 Å². The van der Waals surface area contributed by atoms with Crippen LogP contribution in [-0.4, -0.2) is 45.7 Å². The lowest BCUT2D eigenvalue weighted by Gasteiger charge is -2.32. The molecule has 0 spiro atoms. The standard InChI is InChI=1S/C18H20N4O2/c1-12-7-17(21-20-12)18(23)22(8-13-10-24-11-13)9-14-3-2-4-16-15(14)5-6-19-16/h2-7,13,19H,8-11H2,1H3,(H,20,21). The predicted octanol–water partition coefficient (Wildman–Crippen LogP) is 2.49. The number of amides is 1. The van der Waals surface area contributed by atoms with E-state index in [9.17, 15) is 4.79 Å². The Bertz CT molecular complexity index is 863. The Balaban J connectivity index is 1.62. The van der Waals surface area contributed by atoms with E-state index in [2.05, 4.69) is 27.3 Å². The Morgan fingerprint density at radius 1 is 1.38 bits per heavy atom. The number of carbonyl (C=O) groups excluding carboxylic acids is 1. The number of aryl methyl sites for hydroxylation is 1. The number of ether oxygens (including phenoxy) is 1. The van der Waals surface area contributed by atoms with Gasteiger partial charge >= 0.3 is 0 Å². The van der Waals surface area contributed by atoms with Gasteiger partial charge in [-0.3, -0.25) is 9.89 Å². The van der Waals surface area contributed by atoms with Crippen LogP contribution in [-0.2, 0) is 11.3 Å². The van der Waals surface area contributed by atoms with Gasteiger partial charge in [0.25, 0.3) is 5.91 Å². The lowest BCUT2D eigenvalue weighted by Crippen LogP contribution is -2.42. The van der Waals surface area contributed by atoms with Gasteiger partial charge in [-0.05, 0) is 30.7 Å². The molecular weight excluding hydrogens is 304 g/mol. The van der Waals surface area contributed by atoms with Crippen molar-refractivity contribution in [3.05, 3.63) is 53.5 Å². The summed E-state index contributed by atoms with van der Waals surface area (Å²) in [6.45, 7) is 4.58. The number of aromatic nitrogens is 3. The van der Waals surface area contributed by atoms with Gasteiger partial charge in [0.05, 0.1) is 18.9 Å². The largest absolute Gasteiger partial charge is 0.381 e. The molecular formula is C18H20N4O2. The summed E-state index contributed by atoms with van der Waals surface area (Å²) < 4.78 is 5.27. The van der Waals surface area contributed by atoms with Gasteiger partial charge in [-0.25, -0.2) is 0 Å². The monoisotopic (exact) mass is 324 g/mol. The quantitative estimate of drug-likeness (QED) is 0.757. The molecule has 1 fully saturated rings.